The lowest BCUT2D eigenvalue weighted by Gasteiger charge is -2.17. The van der Waals surface area contributed by atoms with E-state index in [1.54, 1.807) is 23.6 Å². The minimum atomic E-state index is -1.01. The molecule has 2 aromatic heterocycles. The Morgan fingerprint density at radius 3 is 2.83 bits per heavy atom. The van der Waals surface area contributed by atoms with Gasteiger partial charge in [0.25, 0.3) is 0 Å². The van der Waals surface area contributed by atoms with Crippen LogP contribution in [0.25, 0.3) is 0 Å². The Morgan fingerprint density at radius 1 is 1.56 bits per heavy atom. The van der Waals surface area contributed by atoms with E-state index in [0.717, 1.165) is 16.7 Å². The molecule has 94 valence electrons. The highest BCUT2D eigenvalue weighted by molar-refractivity contribution is 9.10. The van der Waals surface area contributed by atoms with E-state index in [0.29, 0.717) is 0 Å². The lowest BCUT2D eigenvalue weighted by atomic mass is 10.3. The second-order valence-corrected chi connectivity index (χ2v) is 5.71. The number of anilines is 1. The third kappa shape index (κ3) is 3.08. The predicted octanol–water partition coefficient (Wildman–Crippen LogP) is 3.24. The van der Waals surface area contributed by atoms with Crippen LogP contribution in [-0.2, 0) is 6.54 Å². The quantitative estimate of drug-likeness (QED) is 0.937. The van der Waals surface area contributed by atoms with Crippen molar-refractivity contribution in [3.8, 4) is 0 Å². The van der Waals surface area contributed by atoms with Crippen molar-refractivity contribution in [2.45, 2.75) is 6.54 Å². The molecule has 0 aromatic carbocycles. The molecule has 0 aliphatic carbocycles. The van der Waals surface area contributed by atoms with E-state index in [1.165, 1.54) is 10.9 Å². The van der Waals surface area contributed by atoms with E-state index < -0.39 is 5.97 Å². The molecule has 0 radical (unpaired) electrons. The largest absolute Gasteiger partial charge is 0.477 e. The molecule has 0 aliphatic rings. The van der Waals surface area contributed by atoms with Gasteiger partial charge in [-0.05, 0) is 34.1 Å². The van der Waals surface area contributed by atoms with Crippen LogP contribution in [0.15, 0.2) is 34.2 Å². The second-order valence-electron chi connectivity index (χ2n) is 3.79. The zero-order valence-electron chi connectivity index (χ0n) is 9.63. The number of carboxylic acids is 1. The highest BCUT2D eigenvalue weighted by Crippen LogP contribution is 2.22. The summed E-state index contributed by atoms with van der Waals surface area (Å²) >= 11 is 5.10. The van der Waals surface area contributed by atoms with Gasteiger partial charge in [0.2, 0.25) is 0 Å². The maximum absolute atomic E-state index is 10.7. The number of nitrogens with zero attached hydrogens (tertiary/aromatic N) is 2. The summed E-state index contributed by atoms with van der Waals surface area (Å²) in [6.07, 6.45) is 1.58. The molecular weight excluding hydrogens is 316 g/mol. The van der Waals surface area contributed by atoms with Gasteiger partial charge in [-0.1, -0.05) is 0 Å². The van der Waals surface area contributed by atoms with Crippen molar-refractivity contribution in [2.75, 3.05) is 11.9 Å². The number of carboxylic acid groups (broad SMARTS) is 1. The van der Waals surface area contributed by atoms with Gasteiger partial charge in [0.1, 0.15) is 5.69 Å². The van der Waals surface area contributed by atoms with Crippen LogP contribution in [0.5, 0.6) is 0 Å². The van der Waals surface area contributed by atoms with E-state index in [9.17, 15) is 4.79 Å². The average molecular weight is 327 g/mol. The predicted molar refractivity (Wildman–Crippen MR) is 75.3 cm³/mol. The Hall–Kier alpha value is -1.40. The summed E-state index contributed by atoms with van der Waals surface area (Å²) in [4.78, 5) is 17.8. The molecule has 0 saturated carbocycles. The van der Waals surface area contributed by atoms with Gasteiger partial charge in [-0.3, -0.25) is 0 Å². The van der Waals surface area contributed by atoms with Crippen LogP contribution in [0.3, 0.4) is 0 Å². The van der Waals surface area contributed by atoms with Gasteiger partial charge in [-0.2, -0.15) is 0 Å². The Morgan fingerprint density at radius 2 is 2.33 bits per heavy atom. The first kappa shape index (κ1) is 13.0. The lowest BCUT2D eigenvalue weighted by Crippen LogP contribution is -2.16. The summed E-state index contributed by atoms with van der Waals surface area (Å²) in [6, 6.07) is 5.35. The smallest absolute Gasteiger partial charge is 0.354 e. The third-order valence-corrected chi connectivity index (χ3v) is 4.10. The standard InChI is InChI=1S/C12H11BrN2O2S/c1-15(6-10-4-8(13)7-18-10)9-2-3-11(12(16)17)14-5-9/h2-5,7H,6H2,1H3,(H,16,17). The van der Waals surface area contributed by atoms with Crippen molar-refractivity contribution >= 4 is 38.9 Å². The molecule has 6 heteroatoms. The van der Waals surface area contributed by atoms with Gasteiger partial charge in [-0.15, -0.1) is 11.3 Å². The van der Waals surface area contributed by atoms with Crippen LogP contribution in [0, 0.1) is 0 Å². The summed E-state index contributed by atoms with van der Waals surface area (Å²) in [5, 5.41) is 10.8. The maximum Gasteiger partial charge on any atom is 0.354 e. The summed E-state index contributed by atoms with van der Waals surface area (Å²) in [5.41, 5.74) is 0.954. The van der Waals surface area contributed by atoms with Crippen LogP contribution < -0.4 is 4.90 Å². The maximum atomic E-state index is 10.7. The molecule has 0 bridgehead atoms. The molecule has 4 nitrogen and oxygen atoms in total. The monoisotopic (exact) mass is 326 g/mol. The average Bonchev–Trinajstić information content (AvgIpc) is 2.75. The molecule has 2 heterocycles. The lowest BCUT2D eigenvalue weighted by molar-refractivity contribution is 0.0690. The number of aromatic carboxylic acids is 1. The number of thiophene rings is 1. The molecule has 0 atom stereocenters. The number of hydrogen-bond donors (Lipinski definition) is 1. The van der Waals surface area contributed by atoms with E-state index >= 15 is 0 Å². The Kier molecular flexibility index (Phi) is 3.98. The molecule has 2 aromatic rings. The van der Waals surface area contributed by atoms with E-state index in [1.807, 2.05) is 17.3 Å². The third-order valence-electron chi connectivity index (χ3n) is 2.42. The molecule has 1 N–H and O–H groups in total. The Bertz CT molecular complexity index is 553. The first-order chi connectivity index (χ1) is 8.56. The van der Waals surface area contributed by atoms with Crippen molar-refractivity contribution in [1.29, 1.82) is 0 Å². The topological polar surface area (TPSA) is 53.4 Å². The number of halogens is 1. The molecule has 0 aliphatic heterocycles. The van der Waals surface area contributed by atoms with Crippen LogP contribution in [0.2, 0.25) is 0 Å². The van der Waals surface area contributed by atoms with E-state index in [2.05, 4.69) is 27.0 Å². The van der Waals surface area contributed by atoms with Gasteiger partial charge in [-0.25, -0.2) is 9.78 Å². The highest BCUT2D eigenvalue weighted by Gasteiger charge is 2.07. The van der Waals surface area contributed by atoms with Gasteiger partial charge >= 0.3 is 5.97 Å². The van der Waals surface area contributed by atoms with Crippen LogP contribution in [0.4, 0.5) is 5.69 Å². The first-order valence-electron chi connectivity index (χ1n) is 5.19. The normalized spacial score (nSPS) is 10.3. The van der Waals surface area contributed by atoms with Gasteiger partial charge in [0.15, 0.2) is 0 Å². The minimum Gasteiger partial charge on any atom is -0.477 e. The molecular formula is C12H11BrN2O2S. The van der Waals surface area contributed by atoms with Gasteiger partial charge in [0, 0.05) is 21.8 Å². The van der Waals surface area contributed by atoms with Gasteiger partial charge in [0.05, 0.1) is 18.4 Å². The molecule has 2 rings (SSSR count). The molecule has 0 fully saturated rings. The second kappa shape index (κ2) is 5.49. The van der Waals surface area contributed by atoms with E-state index in [4.69, 9.17) is 5.11 Å². The van der Waals surface area contributed by atoms with Crippen molar-refractivity contribution in [2.24, 2.45) is 0 Å². The number of pyridine rings is 1. The molecule has 0 spiro atoms. The number of hydrogen-bond acceptors (Lipinski definition) is 4. The van der Waals surface area contributed by atoms with E-state index in [-0.39, 0.29) is 5.69 Å². The minimum absolute atomic E-state index is 0.0611. The van der Waals surface area contributed by atoms with Crippen LogP contribution in [0.1, 0.15) is 15.4 Å². The molecule has 0 amide bonds. The zero-order chi connectivity index (χ0) is 13.1. The summed E-state index contributed by atoms with van der Waals surface area (Å²) in [7, 11) is 1.95. The van der Waals surface area contributed by atoms with Crippen LogP contribution >= 0.6 is 27.3 Å². The number of rotatable bonds is 4. The molecule has 0 unspecified atom stereocenters. The zero-order valence-corrected chi connectivity index (χ0v) is 12.0. The van der Waals surface area contributed by atoms with Crippen molar-refractivity contribution in [3.05, 3.63) is 44.8 Å². The SMILES string of the molecule is CN(Cc1cc(Br)cs1)c1ccc(C(=O)O)nc1. The fourth-order valence-corrected chi connectivity index (χ4v) is 3.00. The molecule has 18 heavy (non-hydrogen) atoms. The Balaban J connectivity index is 2.09. The number of aromatic nitrogens is 1. The van der Waals surface area contributed by atoms with Crippen molar-refractivity contribution in [1.82, 2.24) is 4.98 Å². The van der Waals surface area contributed by atoms with Crippen molar-refractivity contribution in [3.63, 3.8) is 0 Å². The van der Waals surface area contributed by atoms with Crippen molar-refractivity contribution < 1.29 is 9.90 Å². The van der Waals surface area contributed by atoms with Gasteiger partial charge < -0.3 is 10.0 Å². The fraction of sp³-hybridized carbons (Fsp3) is 0.167. The summed E-state index contributed by atoms with van der Waals surface area (Å²) < 4.78 is 1.08. The fourth-order valence-electron chi connectivity index (χ4n) is 1.50. The summed E-state index contributed by atoms with van der Waals surface area (Å²) in [6.45, 7) is 0.768. The number of carbonyl (C=O) groups is 1. The molecule has 0 saturated heterocycles. The van der Waals surface area contributed by atoms with Crippen LogP contribution in [-0.4, -0.2) is 23.1 Å². The highest BCUT2D eigenvalue weighted by atomic mass is 79.9. The summed E-state index contributed by atoms with van der Waals surface area (Å²) in [5.74, 6) is -1.01. The first-order valence-corrected chi connectivity index (χ1v) is 6.87. The Labute approximate surface area is 117 Å².